The van der Waals surface area contributed by atoms with Gasteiger partial charge in [0.05, 0.1) is 12.7 Å². The average Bonchev–Trinajstić information content (AvgIpc) is 3.40. The average molecular weight is 439 g/mol. The lowest BCUT2D eigenvalue weighted by Crippen LogP contribution is -2.18. The van der Waals surface area contributed by atoms with E-state index < -0.39 is 0 Å². The number of aromatic amines is 1. The molecule has 0 saturated carbocycles. The van der Waals surface area contributed by atoms with Gasteiger partial charge < -0.3 is 29.1 Å². The van der Waals surface area contributed by atoms with Crippen molar-refractivity contribution >= 4 is 23.4 Å². The number of aldehydes is 1. The van der Waals surface area contributed by atoms with E-state index in [1.807, 2.05) is 49.0 Å². The van der Waals surface area contributed by atoms with Crippen molar-refractivity contribution in [2.45, 2.75) is 20.0 Å². The molecular weight excluding hydrogens is 404 g/mol. The molecule has 32 heavy (non-hydrogen) atoms. The Morgan fingerprint density at radius 3 is 2.88 bits per heavy atom. The highest BCUT2D eigenvalue weighted by Gasteiger charge is 2.10. The molecule has 3 rings (SSSR count). The van der Waals surface area contributed by atoms with Crippen LogP contribution in [0.5, 0.6) is 0 Å². The second-order valence-electron chi connectivity index (χ2n) is 7.03. The second kappa shape index (κ2) is 14.1. The molecule has 172 valence electrons. The molecule has 0 fully saturated rings. The Balaban J connectivity index is 0.000000390. The summed E-state index contributed by atoms with van der Waals surface area (Å²) in [6, 6.07) is 6.04. The lowest BCUT2D eigenvalue weighted by atomic mass is 10.1. The van der Waals surface area contributed by atoms with Crippen LogP contribution in [0, 0.1) is 0 Å². The van der Waals surface area contributed by atoms with E-state index in [9.17, 15) is 4.79 Å². The van der Waals surface area contributed by atoms with Gasteiger partial charge in [-0.15, -0.1) is 6.58 Å². The summed E-state index contributed by atoms with van der Waals surface area (Å²) < 4.78 is 12.4. The molecule has 1 unspecified atom stereocenters. The van der Waals surface area contributed by atoms with Crippen LogP contribution < -0.4 is 5.32 Å². The molecule has 0 aromatic carbocycles. The maximum Gasteiger partial charge on any atom is 0.145 e. The maximum absolute atomic E-state index is 10.4. The third kappa shape index (κ3) is 7.92. The molecule has 0 aliphatic heterocycles. The highest BCUT2D eigenvalue weighted by molar-refractivity contribution is 5.85. The van der Waals surface area contributed by atoms with Crippen LogP contribution >= 0.6 is 0 Å². The van der Waals surface area contributed by atoms with Gasteiger partial charge in [0.25, 0.3) is 0 Å². The molecular formula is C25H34N4O3. The first-order valence-electron chi connectivity index (χ1n) is 10.9. The number of aryl methyl sites for hydroxylation is 1. The Morgan fingerprint density at radius 1 is 1.34 bits per heavy atom. The quantitative estimate of drug-likeness (QED) is 0.254. The first-order chi connectivity index (χ1) is 15.6. The summed E-state index contributed by atoms with van der Waals surface area (Å²) in [6.07, 6.45) is 11.8. The van der Waals surface area contributed by atoms with Crippen molar-refractivity contribution < 1.29 is 14.3 Å². The van der Waals surface area contributed by atoms with Crippen LogP contribution in [-0.2, 0) is 21.3 Å². The fraction of sp³-hybridized carbons (Fsp3) is 0.360. The molecule has 7 nitrogen and oxygen atoms in total. The van der Waals surface area contributed by atoms with Gasteiger partial charge >= 0.3 is 0 Å². The number of aromatic nitrogens is 3. The zero-order valence-corrected chi connectivity index (χ0v) is 19.2. The molecule has 3 heterocycles. The standard InChI is InChI=1S/C19H19N3O2.C6H15NO/c1-3-16(24-10-9-23)7-6-15-12-22(2)13-17(15)18-11-14-5-4-8-20-19(14)21-18;1-3-7-5-6-8-4-2/h3-9,11-13,16H,1,10H2,2H3,(H,20,21);7H,3-6H2,1-2H3. The molecule has 0 amide bonds. The van der Waals surface area contributed by atoms with E-state index in [2.05, 4.69) is 41.1 Å². The minimum absolute atomic E-state index is 0.0519. The summed E-state index contributed by atoms with van der Waals surface area (Å²) in [6.45, 7) is 11.5. The number of H-pyrrole nitrogens is 1. The van der Waals surface area contributed by atoms with Crippen molar-refractivity contribution in [1.29, 1.82) is 0 Å². The number of carbonyl (C=O) groups excluding carboxylic acids is 1. The van der Waals surface area contributed by atoms with Crippen LogP contribution in [0.3, 0.4) is 0 Å². The van der Waals surface area contributed by atoms with Crippen LogP contribution in [-0.4, -0.2) is 59.8 Å². The number of nitrogens with zero attached hydrogens (tertiary/aromatic N) is 2. The summed E-state index contributed by atoms with van der Waals surface area (Å²) in [7, 11) is 1.98. The number of hydrogen-bond acceptors (Lipinski definition) is 5. The predicted octanol–water partition coefficient (Wildman–Crippen LogP) is 3.98. The fourth-order valence-electron chi connectivity index (χ4n) is 3.08. The van der Waals surface area contributed by atoms with Crippen LogP contribution in [0.1, 0.15) is 19.4 Å². The van der Waals surface area contributed by atoms with E-state index in [1.54, 1.807) is 12.3 Å². The molecule has 7 heteroatoms. The van der Waals surface area contributed by atoms with Crippen molar-refractivity contribution in [1.82, 2.24) is 19.9 Å². The molecule has 3 aromatic rings. The van der Waals surface area contributed by atoms with Crippen LogP contribution in [0.15, 0.2) is 55.5 Å². The van der Waals surface area contributed by atoms with Crippen molar-refractivity contribution in [3.8, 4) is 11.3 Å². The van der Waals surface area contributed by atoms with Gasteiger partial charge in [0.15, 0.2) is 0 Å². The van der Waals surface area contributed by atoms with E-state index in [1.165, 1.54) is 0 Å². The minimum Gasteiger partial charge on any atom is -0.380 e. The maximum atomic E-state index is 10.4. The smallest absolute Gasteiger partial charge is 0.145 e. The van der Waals surface area contributed by atoms with Gasteiger partial charge in [-0.3, -0.25) is 0 Å². The third-order valence-corrected chi connectivity index (χ3v) is 4.60. The zero-order valence-electron chi connectivity index (χ0n) is 19.2. The van der Waals surface area contributed by atoms with Gasteiger partial charge in [-0.05, 0) is 31.7 Å². The number of fused-ring (bicyclic) bond motifs is 1. The Kier molecular flexibility index (Phi) is 11.2. The van der Waals surface area contributed by atoms with Gasteiger partial charge in [-0.25, -0.2) is 4.98 Å². The normalized spacial score (nSPS) is 12.0. The highest BCUT2D eigenvalue weighted by Crippen LogP contribution is 2.28. The number of pyridine rings is 1. The molecule has 0 bridgehead atoms. The molecule has 3 aromatic heterocycles. The lowest BCUT2D eigenvalue weighted by molar-refractivity contribution is -0.112. The Labute approximate surface area is 190 Å². The minimum atomic E-state index is -0.298. The Morgan fingerprint density at radius 2 is 2.19 bits per heavy atom. The first kappa shape index (κ1) is 25.3. The summed E-state index contributed by atoms with van der Waals surface area (Å²) in [4.78, 5) is 18.1. The van der Waals surface area contributed by atoms with E-state index in [-0.39, 0.29) is 12.7 Å². The number of carbonyl (C=O) groups is 1. The third-order valence-electron chi connectivity index (χ3n) is 4.60. The predicted molar refractivity (Wildman–Crippen MR) is 131 cm³/mol. The number of likely N-dealkylation sites (N-methyl/N-ethyl adjacent to an activating group) is 1. The number of nitrogens with one attached hydrogen (secondary N) is 2. The Bertz CT molecular complexity index is 951. The van der Waals surface area contributed by atoms with Crippen LogP contribution in [0.2, 0.25) is 0 Å². The molecule has 2 N–H and O–H groups in total. The molecule has 0 aliphatic rings. The van der Waals surface area contributed by atoms with E-state index in [0.717, 1.165) is 60.4 Å². The van der Waals surface area contributed by atoms with Crippen LogP contribution in [0.4, 0.5) is 0 Å². The number of ether oxygens (including phenoxy) is 2. The number of rotatable bonds is 12. The molecule has 0 aliphatic carbocycles. The van der Waals surface area contributed by atoms with Gasteiger partial charge in [-0.2, -0.15) is 0 Å². The van der Waals surface area contributed by atoms with Crippen molar-refractivity contribution in [2.24, 2.45) is 7.05 Å². The highest BCUT2D eigenvalue weighted by atomic mass is 16.5. The summed E-state index contributed by atoms with van der Waals surface area (Å²) in [5.74, 6) is 0. The molecule has 1 atom stereocenters. The van der Waals surface area contributed by atoms with Crippen molar-refractivity contribution in [2.75, 3.05) is 32.9 Å². The first-order valence-corrected chi connectivity index (χ1v) is 10.9. The fourth-order valence-corrected chi connectivity index (χ4v) is 3.08. The SMILES string of the molecule is C=CC(C=Cc1cn(C)cc1-c1cc2cccnc2[nH]1)OCC=O.CCNCCOCC. The van der Waals surface area contributed by atoms with Crippen LogP contribution in [0.25, 0.3) is 28.4 Å². The van der Waals surface area contributed by atoms with Gasteiger partial charge in [0, 0.05) is 61.0 Å². The molecule has 0 saturated heterocycles. The number of hydrogen-bond donors (Lipinski definition) is 2. The van der Waals surface area contributed by atoms with Crippen molar-refractivity contribution in [3.05, 3.63) is 61.1 Å². The topological polar surface area (TPSA) is 81.2 Å². The molecule has 0 spiro atoms. The summed E-state index contributed by atoms with van der Waals surface area (Å²) in [5.41, 5.74) is 3.99. The summed E-state index contributed by atoms with van der Waals surface area (Å²) in [5, 5.41) is 4.23. The lowest BCUT2D eigenvalue weighted by Gasteiger charge is -2.06. The van der Waals surface area contributed by atoms with Gasteiger partial charge in [0.2, 0.25) is 0 Å². The van der Waals surface area contributed by atoms with E-state index >= 15 is 0 Å². The van der Waals surface area contributed by atoms with E-state index in [4.69, 9.17) is 9.47 Å². The Hall–Kier alpha value is -3.00. The largest absolute Gasteiger partial charge is 0.380 e. The van der Waals surface area contributed by atoms with E-state index in [0.29, 0.717) is 0 Å². The molecule has 0 radical (unpaired) electrons. The summed E-state index contributed by atoms with van der Waals surface area (Å²) >= 11 is 0. The second-order valence-corrected chi connectivity index (χ2v) is 7.03. The van der Waals surface area contributed by atoms with Crippen molar-refractivity contribution in [3.63, 3.8) is 0 Å². The van der Waals surface area contributed by atoms with Gasteiger partial charge in [-0.1, -0.05) is 25.2 Å². The zero-order chi connectivity index (χ0) is 23.2. The monoisotopic (exact) mass is 438 g/mol. The van der Waals surface area contributed by atoms with Gasteiger partial charge in [0.1, 0.15) is 18.5 Å².